The molecule has 0 unspecified atom stereocenters. The molecule has 4 nitrogen and oxygen atoms in total. The fourth-order valence-electron chi connectivity index (χ4n) is 1.05. The number of phenolic OH excluding ortho intramolecular Hbond substituents is 1. The average Bonchev–Trinajstić information content (AvgIpc) is 2.19. The molecule has 0 aliphatic rings. The molecule has 0 saturated heterocycles. The molecule has 0 fully saturated rings. The standard InChI is InChI=1S/C11H15N3OS/c1-8(2)13-11(16)14-12-7-9-5-3-4-6-10(9)15/h3-8,15H,1-2H3,(H2,13,14,16). The van der Waals surface area contributed by atoms with Gasteiger partial charge in [0.1, 0.15) is 5.75 Å². The first-order valence-electron chi connectivity index (χ1n) is 4.97. The van der Waals surface area contributed by atoms with Crippen LogP contribution in [0.15, 0.2) is 29.4 Å². The minimum Gasteiger partial charge on any atom is -0.507 e. The molecule has 5 heteroatoms. The lowest BCUT2D eigenvalue weighted by molar-refractivity contribution is 0.474. The van der Waals surface area contributed by atoms with Crippen LogP contribution in [-0.4, -0.2) is 22.5 Å². The highest BCUT2D eigenvalue weighted by Crippen LogP contribution is 2.12. The van der Waals surface area contributed by atoms with Crippen LogP contribution >= 0.6 is 12.2 Å². The minimum absolute atomic E-state index is 0.191. The number of phenols is 1. The fourth-order valence-corrected chi connectivity index (χ4v) is 1.34. The molecule has 0 atom stereocenters. The van der Waals surface area contributed by atoms with Crippen molar-refractivity contribution < 1.29 is 5.11 Å². The quantitative estimate of drug-likeness (QED) is 0.424. The van der Waals surface area contributed by atoms with Gasteiger partial charge in [0.25, 0.3) is 0 Å². The molecule has 0 saturated carbocycles. The summed E-state index contributed by atoms with van der Waals surface area (Å²) in [6.45, 7) is 3.97. The van der Waals surface area contributed by atoms with Gasteiger partial charge in [-0.25, -0.2) is 0 Å². The van der Waals surface area contributed by atoms with Crippen LogP contribution in [0.4, 0.5) is 0 Å². The number of benzene rings is 1. The number of hydrazone groups is 1. The van der Waals surface area contributed by atoms with Gasteiger partial charge < -0.3 is 10.4 Å². The number of thiocarbonyl (C=S) groups is 1. The van der Waals surface area contributed by atoms with Crippen molar-refractivity contribution in [2.45, 2.75) is 19.9 Å². The predicted molar refractivity (Wildman–Crippen MR) is 69.7 cm³/mol. The Hall–Kier alpha value is -1.62. The normalized spacial score (nSPS) is 10.7. The summed E-state index contributed by atoms with van der Waals surface area (Å²) in [6.07, 6.45) is 1.52. The molecule has 0 spiro atoms. The SMILES string of the molecule is CC(C)NC(=S)NN=Cc1ccccc1O. The van der Waals surface area contributed by atoms with Crippen LogP contribution in [0.5, 0.6) is 5.75 Å². The molecule has 0 amide bonds. The van der Waals surface area contributed by atoms with Gasteiger partial charge in [-0.15, -0.1) is 0 Å². The number of rotatable bonds is 3. The Bertz CT molecular complexity index is 391. The van der Waals surface area contributed by atoms with Crippen LogP contribution in [0.1, 0.15) is 19.4 Å². The van der Waals surface area contributed by atoms with E-state index in [9.17, 15) is 5.11 Å². The van der Waals surface area contributed by atoms with Crippen molar-refractivity contribution in [3.05, 3.63) is 29.8 Å². The van der Waals surface area contributed by atoms with Gasteiger partial charge in [0.05, 0.1) is 6.21 Å². The molecule has 1 aromatic carbocycles. The number of hydrogen-bond donors (Lipinski definition) is 3. The third kappa shape index (κ3) is 4.27. The van der Waals surface area contributed by atoms with E-state index in [1.165, 1.54) is 6.21 Å². The minimum atomic E-state index is 0.191. The van der Waals surface area contributed by atoms with Crippen molar-refractivity contribution in [2.75, 3.05) is 0 Å². The van der Waals surface area contributed by atoms with Crippen molar-refractivity contribution in [2.24, 2.45) is 5.10 Å². The zero-order valence-electron chi connectivity index (χ0n) is 9.27. The van der Waals surface area contributed by atoms with Crippen molar-refractivity contribution >= 4 is 23.5 Å². The summed E-state index contributed by atoms with van der Waals surface area (Å²) in [5.41, 5.74) is 3.31. The highest BCUT2D eigenvalue weighted by Gasteiger charge is 1.96. The van der Waals surface area contributed by atoms with Crippen molar-refractivity contribution in [3.8, 4) is 5.75 Å². The molecule has 1 aromatic rings. The summed E-state index contributed by atoms with van der Waals surface area (Å²) in [7, 11) is 0. The summed E-state index contributed by atoms with van der Waals surface area (Å²) in [5, 5.41) is 16.8. The van der Waals surface area contributed by atoms with Gasteiger partial charge in [-0.3, -0.25) is 5.43 Å². The molecule has 0 aromatic heterocycles. The number of nitrogens with zero attached hydrogens (tertiary/aromatic N) is 1. The van der Waals surface area contributed by atoms with E-state index in [4.69, 9.17) is 12.2 Å². The smallest absolute Gasteiger partial charge is 0.187 e. The third-order valence-electron chi connectivity index (χ3n) is 1.73. The van der Waals surface area contributed by atoms with Crippen molar-refractivity contribution in [1.82, 2.24) is 10.7 Å². The molecule has 0 bridgehead atoms. The van der Waals surface area contributed by atoms with Gasteiger partial charge >= 0.3 is 0 Å². The van der Waals surface area contributed by atoms with E-state index in [0.717, 1.165) is 0 Å². The summed E-state index contributed by atoms with van der Waals surface area (Å²) < 4.78 is 0. The second kappa shape index (κ2) is 6.07. The van der Waals surface area contributed by atoms with E-state index in [1.807, 2.05) is 19.9 Å². The summed E-state index contributed by atoms with van der Waals surface area (Å²) >= 11 is 4.98. The van der Waals surface area contributed by atoms with E-state index in [2.05, 4.69) is 15.8 Å². The van der Waals surface area contributed by atoms with E-state index in [0.29, 0.717) is 10.7 Å². The van der Waals surface area contributed by atoms with Crippen LogP contribution in [0, 0.1) is 0 Å². The Kier molecular flexibility index (Phi) is 4.72. The van der Waals surface area contributed by atoms with Crippen molar-refractivity contribution in [1.29, 1.82) is 0 Å². The average molecular weight is 237 g/mol. The van der Waals surface area contributed by atoms with E-state index >= 15 is 0 Å². The molecule has 86 valence electrons. The molecule has 16 heavy (non-hydrogen) atoms. The number of aromatic hydroxyl groups is 1. The Morgan fingerprint density at radius 1 is 1.44 bits per heavy atom. The Morgan fingerprint density at radius 3 is 2.75 bits per heavy atom. The van der Waals surface area contributed by atoms with Crippen LogP contribution < -0.4 is 10.7 Å². The van der Waals surface area contributed by atoms with Gasteiger partial charge in [0.2, 0.25) is 0 Å². The summed E-state index contributed by atoms with van der Waals surface area (Å²) in [5.74, 6) is 0.191. The Balaban J connectivity index is 2.49. The topological polar surface area (TPSA) is 56.7 Å². The van der Waals surface area contributed by atoms with Crippen LogP contribution in [0.25, 0.3) is 0 Å². The van der Waals surface area contributed by atoms with Crippen molar-refractivity contribution in [3.63, 3.8) is 0 Å². The molecule has 0 radical (unpaired) electrons. The largest absolute Gasteiger partial charge is 0.507 e. The third-order valence-corrected chi connectivity index (χ3v) is 1.94. The summed E-state index contributed by atoms with van der Waals surface area (Å²) in [4.78, 5) is 0. The Labute approximate surface area is 100 Å². The van der Waals surface area contributed by atoms with Gasteiger partial charge in [-0.2, -0.15) is 5.10 Å². The lowest BCUT2D eigenvalue weighted by atomic mass is 10.2. The molecule has 3 N–H and O–H groups in total. The van der Waals surface area contributed by atoms with Gasteiger partial charge in [0, 0.05) is 11.6 Å². The molecular formula is C11H15N3OS. The lowest BCUT2D eigenvalue weighted by Crippen LogP contribution is -2.36. The summed E-state index contributed by atoms with van der Waals surface area (Å²) in [6, 6.07) is 7.21. The maximum Gasteiger partial charge on any atom is 0.187 e. The zero-order valence-corrected chi connectivity index (χ0v) is 10.1. The first-order valence-corrected chi connectivity index (χ1v) is 5.38. The first-order chi connectivity index (χ1) is 7.59. The Morgan fingerprint density at radius 2 is 2.12 bits per heavy atom. The van der Waals surface area contributed by atoms with E-state index in [1.54, 1.807) is 18.2 Å². The predicted octanol–water partition coefficient (Wildman–Crippen LogP) is 1.60. The number of nitrogens with one attached hydrogen (secondary N) is 2. The van der Waals surface area contributed by atoms with E-state index in [-0.39, 0.29) is 11.8 Å². The second-order valence-corrected chi connectivity index (χ2v) is 3.97. The lowest BCUT2D eigenvalue weighted by Gasteiger charge is -2.09. The van der Waals surface area contributed by atoms with Gasteiger partial charge in [-0.1, -0.05) is 12.1 Å². The maximum absolute atomic E-state index is 9.45. The van der Waals surface area contributed by atoms with Crippen LogP contribution in [-0.2, 0) is 0 Å². The van der Waals surface area contributed by atoms with Crippen LogP contribution in [0.2, 0.25) is 0 Å². The molecule has 0 aliphatic carbocycles. The molecule has 0 heterocycles. The first kappa shape index (κ1) is 12.4. The highest BCUT2D eigenvalue weighted by atomic mass is 32.1. The monoisotopic (exact) mass is 237 g/mol. The molecule has 1 rings (SSSR count). The molecular weight excluding hydrogens is 222 g/mol. The zero-order chi connectivity index (χ0) is 12.0. The molecule has 0 aliphatic heterocycles. The second-order valence-electron chi connectivity index (χ2n) is 3.56. The van der Waals surface area contributed by atoms with E-state index < -0.39 is 0 Å². The number of hydrogen-bond acceptors (Lipinski definition) is 3. The number of para-hydroxylation sites is 1. The highest BCUT2D eigenvalue weighted by molar-refractivity contribution is 7.80. The van der Waals surface area contributed by atoms with Gasteiger partial charge in [-0.05, 0) is 38.2 Å². The van der Waals surface area contributed by atoms with Crippen LogP contribution in [0.3, 0.4) is 0 Å². The maximum atomic E-state index is 9.45. The fraction of sp³-hybridized carbons (Fsp3) is 0.273. The van der Waals surface area contributed by atoms with Gasteiger partial charge in [0.15, 0.2) is 5.11 Å².